The molecule has 1 aliphatic heterocycles. The number of aryl methyl sites for hydroxylation is 1. The van der Waals surface area contributed by atoms with E-state index >= 15 is 0 Å². The molecule has 2 heterocycles. The highest BCUT2D eigenvalue weighted by molar-refractivity contribution is 5.67. The molecule has 0 bridgehead atoms. The van der Waals surface area contributed by atoms with Crippen molar-refractivity contribution in [2.24, 2.45) is 5.92 Å². The number of rotatable bonds is 5. The van der Waals surface area contributed by atoms with Gasteiger partial charge in [-0.05, 0) is 18.8 Å². The normalized spacial score (nSPS) is 18.8. The lowest BCUT2D eigenvalue weighted by Crippen LogP contribution is -2.32. The zero-order valence-corrected chi connectivity index (χ0v) is 11.1. The minimum absolute atomic E-state index is 0.0830. The molecule has 1 N–H and O–H groups in total. The highest BCUT2D eigenvalue weighted by Gasteiger charge is 2.27. The van der Waals surface area contributed by atoms with E-state index in [-0.39, 0.29) is 17.9 Å². The third-order valence-electron chi connectivity index (χ3n) is 3.41. The predicted octanol–water partition coefficient (Wildman–Crippen LogP) is 0.954. The second kappa shape index (κ2) is 5.86. The van der Waals surface area contributed by atoms with Gasteiger partial charge in [0.15, 0.2) is 5.82 Å². The lowest BCUT2D eigenvalue weighted by molar-refractivity contribution is -0.137. The van der Waals surface area contributed by atoms with E-state index in [1.165, 1.54) is 0 Å². The van der Waals surface area contributed by atoms with Gasteiger partial charge in [0, 0.05) is 38.4 Å². The van der Waals surface area contributed by atoms with Crippen molar-refractivity contribution >= 4 is 11.8 Å². The zero-order valence-electron chi connectivity index (χ0n) is 11.1. The molecule has 2 rings (SSSR count). The van der Waals surface area contributed by atoms with Crippen LogP contribution in [-0.4, -0.2) is 33.7 Å². The summed E-state index contributed by atoms with van der Waals surface area (Å²) in [7, 11) is 0. The Hall–Kier alpha value is -1.85. The van der Waals surface area contributed by atoms with Crippen molar-refractivity contribution in [3.63, 3.8) is 0 Å². The molecule has 0 spiro atoms. The molecule has 0 aromatic carbocycles. The van der Waals surface area contributed by atoms with Crippen molar-refractivity contribution in [2.45, 2.75) is 32.7 Å². The Morgan fingerprint density at radius 1 is 1.58 bits per heavy atom. The van der Waals surface area contributed by atoms with Crippen LogP contribution in [0.3, 0.4) is 0 Å². The van der Waals surface area contributed by atoms with Gasteiger partial charge in [0.2, 0.25) is 0 Å². The highest BCUT2D eigenvalue weighted by atomic mass is 16.4. The fourth-order valence-electron chi connectivity index (χ4n) is 2.51. The van der Waals surface area contributed by atoms with Gasteiger partial charge >= 0.3 is 5.97 Å². The quantitative estimate of drug-likeness (QED) is 0.858. The lowest BCUT2D eigenvalue weighted by atomic mass is 10.1. The monoisotopic (exact) mass is 265 g/mol. The van der Waals surface area contributed by atoms with Crippen LogP contribution in [0.2, 0.25) is 0 Å². The second-order valence-corrected chi connectivity index (χ2v) is 4.95. The molecule has 0 aliphatic carbocycles. The number of carbonyl (C=O) groups is 1. The lowest BCUT2D eigenvalue weighted by Gasteiger charge is -2.17. The van der Waals surface area contributed by atoms with Crippen LogP contribution in [0.5, 0.6) is 0 Å². The minimum atomic E-state index is -0.781. The maximum atomic E-state index is 12.2. The van der Waals surface area contributed by atoms with Crippen LogP contribution in [0.1, 0.15) is 26.2 Å². The minimum Gasteiger partial charge on any atom is -0.481 e. The van der Waals surface area contributed by atoms with Gasteiger partial charge < -0.3 is 14.6 Å². The number of hydrogen-bond acceptors (Lipinski definition) is 4. The van der Waals surface area contributed by atoms with Crippen molar-refractivity contribution in [3.05, 3.63) is 22.7 Å². The Kier molecular flexibility index (Phi) is 4.19. The molecule has 104 valence electrons. The average molecular weight is 265 g/mol. The third-order valence-corrected chi connectivity index (χ3v) is 3.41. The van der Waals surface area contributed by atoms with Gasteiger partial charge in [-0.2, -0.15) is 0 Å². The topological polar surface area (TPSA) is 75.4 Å². The number of carboxylic acids is 1. The maximum Gasteiger partial charge on any atom is 0.303 e. The first kappa shape index (κ1) is 13.6. The van der Waals surface area contributed by atoms with Crippen LogP contribution in [0.4, 0.5) is 5.82 Å². The van der Waals surface area contributed by atoms with E-state index in [2.05, 4.69) is 4.98 Å². The van der Waals surface area contributed by atoms with Crippen LogP contribution in [0, 0.1) is 5.92 Å². The smallest absolute Gasteiger partial charge is 0.303 e. The Morgan fingerprint density at radius 3 is 3.05 bits per heavy atom. The van der Waals surface area contributed by atoms with Crippen LogP contribution < -0.4 is 10.5 Å². The average Bonchev–Trinajstić information content (AvgIpc) is 2.79. The van der Waals surface area contributed by atoms with Crippen LogP contribution in [-0.2, 0) is 11.3 Å². The third kappa shape index (κ3) is 3.13. The van der Waals surface area contributed by atoms with Gasteiger partial charge in [0.05, 0.1) is 0 Å². The van der Waals surface area contributed by atoms with Gasteiger partial charge in [-0.1, -0.05) is 6.92 Å². The van der Waals surface area contributed by atoms with E-state index < -0.39 is 5.97 Å². The van der Waals surface area contributed by atoms with E-state index in [4.69, 9.17) is 5.11 Å². The number of carboxylic acid groups (broad SMARTS) is 1. The van der Waals surface area contributed by atoms with Crippen LogP contribution in [0.25, 0.3) is 0 Å². The Bertz CT molecular complexity index is 512. The van der Waals surface area contributed by atoms with E-state index in [1.807, 2.05) is 11.8 Å². The molecule has 6 heteroatoms. The summed E-state index contributed by atoms with van der Waals surface area (Å²) < 4.78 is 1.66. The summed E-state index contributed by atoms with van der Waals surface area (Å²) in [6.07, 6.45) is 5.19. The molecule has 6 nitrogen and oxygen atoms in total. The number of aromatic nitrogens is 2. The summed E-state index contributed by atoms with van der Waals surface area (Å²) in [6, 6.07) is 0. The SMILES string of the molecule is CCCn1ccnc(N2CCC(CC(=O)O)C2)c1=O. The number of hydrogen-bond donors (Lipinski definition) is 1. The molecule has 0 radical (unpaired) electrons. The van der Waals surface area contributed by atoms with Gasteiger partial charge in [0.25, 0.3) is 5.56 Å². The van der Waals surface area contributed by atoms with E-state index in [9.17, 15) is 9.59 Å². The summed E-state index contributed by atoms with van der Waals surface area (Å²) in [6.45, 7) is 4.01. The van der Waals surface area contributed by atoms with Crippen molar-refractivity contribution in [1.29, 1.82) is 0 Å². The number of nitrogens with zero attached hydrogens (tertiary/aromatic N) is 3. The molecule has 1 atom stereocenters. The number of anilines is 1. The molecule has 1 saturated heterocycles. The second-order valence-electron chi connectivity index (χ2n) is 4.95. The van der Waals surface area contributed by atoms with Crippen LogP contribution in [0.15, 0.2) is 17.2 Å². The molecule has 1 unspecified atom stereocenters. The first-order valence-electron chi connectivity index (χ1n) is 6.64. The molecule has 19 heavy (non-hydrogen) atoms. The fourth-order valence-corrected chi connectivity index (χ4v) is 2.51. The molecule has 1 aliphatic rings. The Balaban J connectivity index is 2.13. The first-order valence-corrected chi connectivity index (χ1v) is 6.64. The van der Waals surface area contributed by atoms with Crippen LogP contribution >= 0.6 is 0 Å². The first-order chi connectivity index (χ1) is 9.11. The van der Waals surface area contributed by atoms with Gasteiger partial charge in [-0.25, -0.2) is 4.98 Å². The van der Waals surface area contributed by atoms with Gasteiger partial charge in [0.1, 0.15) is 0 Å². The van der Waals surface area contributed by atoms with Crippen molar-refractivity contribution < 1.29 is 9.90 Å². The van der Waals surface area contributed by atoms with Crippen molar-refractivity contribution in [1.82, 2.24) is 9.55 Å². The van der Waals surface area contributed by atoms with Gasteiger partial charge in [-0.15, -0.1) is 0 Å². The van der Waals surface area contributed by atoms with E-state index in [1.54, 1.807) is 17.0 Å². The molecule has 1 aromatic rings. The summed E-state index contributed by atoms with van der Waals surface area (Å²) in [5.74, 6) is -0.223. The standard InChI is InChI=1S/C13H19N3O3/c1-2-5-15-7-4-14-12(13(15)19)16-6-3-10(9-16)8-11(17)18/h4,7,10H,2-3,5-6,8-9H2,1H3,(H,17,18). The highest BCUT2D eigenvalue weighted by Crippen LogP contribution is 2.22. The summed E-state index contributed by atoms with van der Waals surface area (Å²) >= 11 is 0. The van der Waals surface area contributed by atoms with E-state index in [0.29, 0.717) is 25.5 Å². The van der Waals surface area contributed by atoms with Gasteiger partial charge in [-0.3, -0.25) is 9.59 Å². The zero-order chi connectivity index (χ0) is 13.8. The molecule has 0 amide bonds. The van der Waals surface area contributed by atoms with Crippen molar-refractivity contribution in [3.8, 4) is 0 Å². The molecular weight excluding hydrogens is 246 g/mol. The summed E-state index contributed by atoms with van der Waals surface area (Å²) in [5, 5.41) is 8.80. The largest absolute Gasteiger partial charge is 0.481 e. The maximum absolute atomic E-state index is 12.2. The summed E-state index contributed by atoms with van der Waals surface area (Å²) in [4.78, 5) is 29.0. The number of aliphatic carboxylic acids is 1. The Labute approximate surface area is 111 Å². The fraction of sp³-hybridized carbons (Fsp3) is 0.615. The molecular formula is C13H19N3O3. The van der Waals surface area contributed by atoms with Crippen molar-refractivity contribution in [2.75, 3.05) is 18.0 Å². The molecule has 1 fully saturated rings. The predicted molar refractivity (Wildman–Crippen MR) is 71.4 cm³/mol. The summed E-state index contributed by atoms with van der Waals surface area (Å²) in [5.41, 5.74) is -0.0830. The molecule has 0 saturated carbocycles. The Morgan fingerprint density at radius 2 is 2.37 bits per heavy atom. The van der Waals surface area contributed by atoms with E-state index in [0.717, 1.165) is 12.8 Å². The molecule has 1 aromatic heterocycles.